The lowest BCUT2D eigenvalue weighted by Crippen LogP contribution is -2.52. The lowest BCUT2D eigenvalue weighted by Gasteiger charge is -2.39. The second kappa shape index (κ2) is 4.82. The Kier molecular flexibility index (Phi) is 3.91. The summed E-state index contributed by atoms with van der Waals surface area (Å²) in [6.07, 6.45) is 3.18. The molecule has 0 radical (unpaired) electrons. The second-order valence-corrected chi connectivity index (χ2v) is 4.97. The highest BCUT2D eigenvalue weighted by atomic mass is 16.2. The highest BCUT2D eigenvalue weighted by Gasteiger charge is 2.36. The average Bonchev–Trinajstić information content (AvgIpc) is 2.10. The molecule has 0 heterocycles. The molecule has 0 bridgehead atoms. The Morgan fingerprint density at radius 1 is 1.38 bits per heavy atom. The first kappa shape index (κ1) is 13.0. The van der Waals surface area contributed by atoms with Crippen LogP contribution in [0.4, 0.5) is 0 Å². The van der Waals surface area contributed by atoms with Gasteiger partial charge in [-0.2, -0.15) is 0 Å². The maximum atomic E-state index is 12.0. The van der Waals surface area contributed by atoms with E-state index >= 15 is 0 Å². The van der Waals surface area contributed by atoms with Gasteiger partial charge in [0, 0.05) is 18.0 Å². The van der Waals surface area contributed by atoms with Gasteiger partial charge in [0.05, 0.1) is 6.54 Å². The number of carbonyl (C=O) groups excluding carboxylic acids is 2. The van der Waals surface area contributed by atoms with Crippen LogP contribution in [-0.4, -0.2) is 34.8 Å². The van der Waals surface area contributed by atoms with E-state index in [2.05, 4.69) is 0 Å². The van der Waals surface area contributed by atoms with E-state index in [1.54, 1.807) is 0 Å². The molecule has 16 heavy (non-hydrogen) atoms. The van der Waals surface area contributed by atoms with E-state index in [4.69, 9.17) is 11.5 Å². The highest BCUT2D eigenvalue weighted by Crippen LogP contribution is 2.32. The zero-order valence-corrected chi connectivity index (χ0v) is 10.0. The van der Waals surface area contributed by atoms with E-state index in [1.807, 2.05) is 13.8 Å². The van der Waals surface area contributed by atoms with E-state index in [-0.39, 0.29) is 24.0 Å². The van der Waals surface area contributed by atoms with Crippen molar-refractivity contribution in [2.45, 2.75) is 51.1 Å². The molecule has 0 aromatic rings. The van der Waals surface area contributed by atoms with Gasteiger partial charge in [0.2, 0.25) is 11.8 Å². The first-order valence-corrected chi connectivity index (χ1v) is 5.71. The number of nitrogens with two attached hydrogens (primary N) is 2. The first-order valence-electron chi connectivity index (χ1n) is 5.71. The molecule has 0 atom stereocenters. The van der Waals surface area contributed by atoms with Crippen LogP contribution in [0.3, 0.4) is 0 Å². The number of rotatable bonds is 5. The molecule has 4 N–H and O–H groups in total. The number of amides is 2. The summed E-state index contributed by atoms with van der Waals surface area (Å²) < 4.78 is 0. The summed E-state index contributed by atoms with van der Waals surface area (Å²) >= 11 is 0. The van der Waals surface area contributed by atoms with Gasteiger partial charge in [-0.05, 0) is 33.1 Å². The quantitative estimate of drug-likeness (QED) is 0.691. The van der Waals surface area contributed by atoms with Crippen LogP contribution in [0.2, 0.25) is 0 Å². The SMILES string of the molecule is CC(C)N(CC(N)=O)C(=O)CC1(N)CCC1. The largest absolute Gasteiger partial charge is 0.368 e. The fourth-order valence-corrected chi connectivity index (χ4v) is 1.94. The predicted molar refractivity (Wildman–Crippen MR) is 61.4 cm³/mol. The lowest BCUT2D eigenvalue weighted by molar-refractivity contribution is -0.138. The van der Waals surface area contributed by atoms with Crippen molar-refractivity contribution in [1.82, 2.24) is 4.90 Å². The van der Waals surface area contributed by atoms with Crippen LogP contribution in [0.15, 0.2) is 0 Å². The minimum atomic E-state index is -0.485. The molecule has 1 fully saturated rings. The predicted octanol–water partition coefficient (Wildman–Crippen LogP) is -0.0198. The van der Waals surface area contributed by atoms with Crippen molar-refractivity contribution >= 4 is 11.8 Å². The molecule has 0 unspecified atom stereocenters. The van der Waals surface area contributed by atoms with Crippen molar-refractivity contribution in [3.63, 3.8) is 0 Å². The molecule has 2 amide bonds. The van der Waals surface area contributed by atoms with Crippen LogP contribution in [0.1, 0.15) is 39.5 Å². The first-order chi connectivity index (χ1) is 7.34. The Balaban J connectivity index is 2.56. The lowest BCUT2D eigenvalue weighted by atomic mass is 9.75. The molecule has 1 saturated carbocycles. The van der Waals surface area contributed by atoms with E-state index in [0.29, 0.717) is 6.42 Å². The summed E-state index contributed by atoms with van der Waals surface area (Å²) in [5.41, 5.74) is 10.8. The van der Waals surface area contributed by atoms with Gasteiger partial charge >= 0.3 is 0 Å². The molecule has 92 valence electrons. The molecular weight excluding hydrogens is 206 g/mol. The summed E-state index contributed by atoms with van der Waals surface area (Å²) in [4.78, 5) is 24.3. The van der Waals surface area contributed by atoms with E-state index < -0.39 is 5.91 Å². The van der Waals surface area contributed by atoms with Crippen LogP contribution >= 0.6 is 0 Å². The van der Waals surface area contributed by atoms with Gasteiger partial charge < -0.3 is 16.4 Å². The minimum absolute atomic E-state index is 0.0213. The van der Waals surface area contributed by atoms with Crippen LogP contribution in [0, 0.1) is 0 Å². The van der Waals surface area contributed by atoms with Crippen molar-refractivity contribution in [2.75, 3.05) is 6.54 Å². The van der Waals surface area contributed by atoms with Crippen molar-refractivity contribution in [3.8, 4) is 0 Å². The van der Waals surface area contributed by atoms with E-state index in [1.165, 1.54) is 4.90 Å². The molecule has 5 heteroatoms. The third-order valence-electron chi connectivity index (χ3n) is 3.12. The van der Waals surface area contributed by atoms with Gasteiger partial charge in [0.1, 0.15) is 0 Å². The summed E-state index contributed by atoms with van der Waals surface area (Å²) in [7, 11) is 0. The topological polar surface area (TPSA) is 89.4 Å². The molecule has 1 aliphatic rings. The Hall–Kier alpha value is -1.10. The maximum absolute atomic E-state index is 12.0. The second-order valence-electron chi connectivity index (χ2n) is 4.97. The van der Waals surface area contributed by atoms with Crippen molar-refractivity contribution < 1.29 is 9.59 Å². The molecular formula is C11H21N3O2. The van der Waals surface area contributed by atoms with Crippen molar-refractivity contribution in [2.24, 2.45) is 11.5 Å². The fourth-order valence-electron chi connectivity index (χ4n) is 1.94. The summed E-state index contributed by atoms with van der Waals surface area (Å²) in [5, 5.41) is 0. The minimum Gasteiger partial charge on any atom is -0.368 e. The smallest absolute Gasteiger partial charge is 0.237 e. The highest BCUT2D eigenvalue weighted by molar-refractivity contribution is 5.84. The normalized spacial score (nSPS) is 18.0. The Bertz CT molecular complexity index is 285. The summed E-state index contributed by atoms with van der Waals surface area (Å²) in [6.45, 7) is 3.71. The molecule has 0 aromatic carbocycles. The van der Waals surface area contributed by atoms with Crippen LogP contribution < -0.4 is 11.5 Å². The maximum Gasteiger partial charge on any atom is 0.237 e. The van der Waals surface area contributed by atoms with Gasteiger partial charge in [-0.15, -0.1) is 0 Å². The zero-order valence-electron chi connectivity index (χ0n) is 10.0. The van der Waals surface area contributed by atoms with Crippen molar-refractivity contribution in [3.05, 3.63) is 0 Å². The van der Waals surface area contributed by atoms with Crippen LogP contribution in [0.5, 0.6) is 0 Å². The monoisotopic (exact) mass is 227 g/mol. The van der Waals surface area contributed by atoms with E-state index in [9.17, 15) is 9.59 Å². The van der Waals surface area contributed by atoms with Gasteiger partial charge in [0.25, 0.3) is 0 Å². The third kappa shape index (κ3) is 3.20. The Morgan fingerprint density at radius 3 is 2.25 bits per heavy atom. The average molecular weight is 227 g/mol. The number of carbonyl (C=O) groups is 2. The number of hydrogen-bond acceptors (Lipinski definition) is 3. The number of primary amides is 1. The molecule has 0 aromatic heterocycles. The number of nitrogens with zero attached hydrogens (tertiary/aromatic N) is 1. The van der Waals surface area contributed by atoms with Gasteiger partial charge in [-0.25, -0.2) is 0 Å². The van der Waals surface area contributed by atoms with Crippen LogP contribution in [0.25, 0.3) is 0 Å². The van der Waals surface area contributed by atoms with Gasteiger partial charge in [0.15, 0.2) is 0 Å². The molecule has 5 nitrogen and oxygen atoms in total. The standard InChI is InChI=1S/C11H21N3O2/c1-8(2)14(7-9(12)15)10(16)6-11(13)4-3-5-11/h8H,3-7,13H2,1-2H3,(H2,12,15). The Morgan fingerprint density at radius 2 is 1.94 bits per heavy atom. The molecule has 1 rings (SSSR count). The Labute approximate surface area is 96.1 Å². The van der Waals surface area contributed by atoms with Gasteiger partial charge in [-0.1, -0.05) is 0 Å². The fraction of sp³-hybridized carbons (Fsp3) is 0.818. The molecule has 0 saturated heterocycles. The number of hydrogen-bond donors (Lipinski definition) is 2. The van der Waals surface area contributed by atoms with Crippen LogP contribution in [-0.2, 0) is 9.59 Å². The van der Waals surface area contributed by atoms with E-state index in [0.717, 1.165) is 19.3 Å². The molecule has 0 spiro atoms. The summed E-state index contributed by atoms with van der Waals surface area (Å²) in [5.74, 6) is -0.558. The third-order valence-corrected chi connectivity index (χ3v) is 3.12. The zero-order chi connectivity index (χ0) is 12.3. The van der Waals surface area contributed by atoms with Gasteiger partial charge in [-0.3, -0.25) is 9.59 Å². The molecule has 1 aliphatic carbocycles. The summed E-state index contributed by atoms with van der Waals surface area (Å²) in [6, 6.07) is -0.0244. The molecule has 0 aliphatic heterocycles. The van der Waals surface area contributed by atoms with Crippen molar-refractivity contribution in [1.29, 1.82) is 0 Å².